The van der Waals surface area contributed by atoms with Gasteiger partial charge in [0.05, 0.1) is 5.56 Å². The standard InChI is InChI=1S/C15H16N2O2/c1-10-5-4-6-13(11(10)2)16-15(19)12-7-8-14(18)17(3)9-12/h4-9H,1-3H3,(H,16,19). The third-order valence-corrected chi connectivity index (χ3v) is 3.20. The molecule has 1 N–H and O–H groups in total. The molecular formula is C15H16N2O2. The van der Waals surface area contributed by atoms with E-state index < -0.39 is 0 Å². The van der Waals surface area contributed by atoms with Gasteiger partial charge in [0.15, 0.2) is 0 Å². The van der Waals surface area contributed by atoms with Gasteiger partial charge in [0.25, 0.3) is 5.91 Å². The minimum atomic E-state index is -0.218. The molecule has 1 aromatic carbocycles. The van der Waals surface area contributed by atoms with Gasteiger partial charge in [-0.2, -0.15) is 0 Å². The molecule has 0 saturated heterocycles. The number of pyridine rings is 1. The fourth-order valence-corrected chi connectivity index (χ4v) is 1.81. The van der Waals surface area contributed by atoms with E-state index in [9.17, 15) is 9.59 Å². The van der Waals surface area contributed by atoms with E-state index in [4.69, 9.17) is 0 Å². The summed E-state index contributed by atoms with van der Waals surface area (Å²) in [4.78, 5) is 23.4. The van der Waals surface area contributed by atoms with Gasteiger partial charge >= 0.3 is 0 Å². The maximum atomic E-state index is 12.1. The Morgan fingerprint density at radius 1 is 1.16 bits per heavy atom. The Morgan fingerprint density at radius 2 is 1.89 bits per heavy atom. The maximum Gasteiger partial charge on any atom is 0.257 e. The van der Waals surface area contributed by atoms with Crippen molar-refractivity contribution in [2.45, 2.75) is 13.8 Å². The van der Waals surface area contributed by atoms with Crippen molar-refractivity contribution in [2.24, 2.45) is 7.05 Å². The Hall–Kier alpha value is -2.36. The SMILES string of the molecule is Cc1cccc(NC(=O)c2ccc(=O)n(C)c2)c1C. The van der Waals surface area contributed by atoms with Crippen LogP contribution < -0.4 is 10.9 Å². The van der Waals surface area contributed by atoms with Crippen molar-refractivity contribution in [2.75, 3.05) is 5.32 Å². The third kappa shape index (κ3) is 2.73. The summed E-state index contributed by atoms with van der Waals surface area (Å²) in [5, 5.41) is 2.86. The zero-order chi connectivity index (χ0) is 14.0. The fraction of sp³-hybridized carbons (Fsp3) is 0.200. The monoisotopic (exact) mass is 256 g/mol. The van der Waals surface area contributed by atoms with Crippen LogP contribution in [0.2, 0.25) is 0 Å². The van der Waals surface area contributed by atoms with E-state index in [0.29, 0.717) is 5.56 Å². The fourth-order valence-electron chi connectivity index (χ4n) is 1.81. The molecule has 1 heterocycles. The highest BCUT2D eigenvalue weighted by atomic mass is 16.2. The molecule has 0 aliphatic heterocycles. The number of hydrogen-bond acceptors (Lipinski definition) is 2. The number of carbonyl (C=O) groups is 1. The first-order valence-corrected chi connectivity index (χ1v) is 6.03. The van der Waals surface area contributed by atoms with Crippen LogP contribution in [0.5, 0.6) is 0 Å². The molecule has 1 aromatic heterocycles. The summed E-state index contributed by atoms with van der Waals surface area (Å²) in [7, 11) is 1.62. The normalized spacial score (nSPS) is 10.3. The average molecular weight is 256 g/mol. The highest BCUT2D eigenvalue weighted by Crippen LogP contribution is 2.18. The first-order chi connectivity index (χ1) is 8.99. The van der Waals surface area contributed by atoms with Crippen molar-refractivity contribution in [3.8, 4) is 0 Å². The molecule has 0 unspecified atom stereocenters. The molecule has 0 aliphatic rings. The number of benzene rings is 1. The highest BCUT2D eigenvalue weighted by Gasteiger charge is 2.09. The Bertz CT molecular complexity index is 687. The van der Waals surface area contributed by atoms with Gasteiger partial charge in [-0.15, -0.1) is 0 Å². The van der Waals surface area contributed by atoms with Crippen LogP contribution in [-0.4, -0.2) is 10.5 Å². The number of rotatable bonds is 2. The van der Waals surface area contributed by atoms with Crippen LogP contribution >= 0.6 is 0 Å². The molecule has 0 fully saturated rings. The molecule has 0 saturated carbocycles. The molecule has 98 valence electrons. The molecule has 0 atom stereocenters. The quantitative estimate of drug-likeness (QED) is 0.896. The first-order valence-electron chi connectivity index (χ1n) is 6.03. The summed E-state index contributed by atoms with van der Waals surface area (Å²) in [6, 6.07) is 8.68. The Labute approximate surface area is 111 Å². The van der Waals surface area contributed by atoms with E-state index in [1.165, 1.54) is 22.9 Å². The second kappa shape index (κ2) is 5.10. The predicted molar refractivity (Wildman–Crippen MR) is 75.6 cm³/mol. The van der Waals surface area contributed by atoms with Gasteiger partial charge in [0.1, 0.15) is 0 Å². The van der Waals surface area contributed by atoms with Crippen LogP contribution in [0.15, 0.2) is 41.3 Å². The molecule has 0 aliphatic carbocycles. The summed E-state index contributed by atoms with van der Waals surface area (Å²) in [6.45, 7) is 3.96. The molecule has 0 spiro atoms. The topological polar surface area (TPSA) is 51.1 Å². The van der Waals surface area contributed by atoms with E-state index in [1.807, 2.05) is 32.0 Å². The van der Waals surface area contributed by atoms with Gasteiger partial charge < -0.3 is 9.88 Å². The average Bonchev–Trinajstić information content (AvgIpc) is 2.38. The molecular weight excluding hydrogens is 240 g/mol. The Balaban J connectivity index is 2.28. The van der Waals surface area contributed by atoms with Gasteiger partial charge in [-0.1, -0.05) is 12.1 Å². The molecule has 1 amide bonds. The minimum absolute atomic E-state index is 0.136. The predicted octanol–water partition coefficient (Wildman–Crippen LogP) is 2.25. The summed E-state index contributed by atoms with van der Waals surface area (Å²) in [5.41, 5.74) is 3.28. The number of aromatic nitrogens is 1. The maximum absolute atomic E-state index is 12.1. The number of aryl methyl sites for hydroxylation is 2. The van der Waals surface area contributed by atoms with Gasteiger partial charge in [0.2, 0.25) is 5.56 Å². The molecule has 0 bridgehead atoms. The molecule has 0 radical (unpaired) electrons. The van der Waals surface area contributed by atoms with Crippen LogP contribution in [0.25, 0.3) is 0 Å². The number of anilines is 1. The molecule has 19 heavy (non-hydrogen) atoms. The molecule has 4 heteroatoms. The summed E-state index contributed by atoms with van der Waals surface area (Å²) < 4.78 is 1.39. The first kappa shape index (κ1) is 13.1. The van der Waals surface area contributed by atoms with Crippen molar-refractivity contribution in [3.63, 3.8) is 0 Å². The van der Waals surface area contributed by atoms with Crippen molar-refractivity contribution in [3.05, 3.63) is 63.6 Å². The smallest absolute Gasteiger partial charge is 0.257 e. The Kier molecular flexibility index (Phi) is 3.51. The zero-order valence-corrected chi connectivity index (χ0v) is 11.2. The largest absolute Gasteiger partial charge is 0.322 e. The Morgan fingerprint density at radius 3 is 2.58 bits per heavy atom. The lowest BCUT2D eigenvalue weighted by molar-refractivity contribution is 0.102. The van der Waals surface area contributed by atoms with Crippen LogP contribution in [-0.2, 0) is 7.05 Å². The van der Waals surface area contributed by atoms with E-state index in [2.05, 4.69) is 5.32 Å². The van der Waals surface area contributed by atoms with Crippen molar-refractivity contribution in [1.29, 1.82) is 0 Å². The summed E-state index contributed by atoms with van der Waals surface area (Å²) >= 11 is 0. The number of hydrogen-bond donors (Lipinski definition) is 1. The lowest BCUT2D eigenvalue weighted by Gasteiger charge is -2.10. The number of nitrogens with zero attached hydrogens (tertiary/aromatic N) is 1. The van der Waals surface area contributed by atoms with Crippen LogP contribution in [0, 0.1) is 13.8 Å². The van der Waals surface area contributed by atoms with Crippen LogP contribution in [0.1, 0.15) is 21.5 Å². The van der Waals surface area contributed by atoms with Crippen LogP contribution in [0.3, 0.4) is 0 Å². The summed E-state index contributed by atoms with van der Waals surface area (Å²) in [6.07, 6.45) is 1.53. The second-order valence-electron chi connectivity index (χ2n) is 4.57. The van der Waals surface area contributed by atoms with Gasteiger partial charge in [-0.25, -0.2) is 0 Å². The van der Waals surface area contributed by atoms with Gasteiger partial charge in [-0.3, -0.25) is 9.59 Å². The van der Waals surface area contributed by atoms with Crippen molar-refractivity contribution >= 4 is 11.6 Å². The second-order valence-corrected chi connectivity index (χ2v) is 4.57. The van der Waals surface area contributed by atoms with E-state index in [0.717, 1.165) is 16.8 Å². The molecule has 2 aromatic rings. The van der Waals surface area contributed by atoms with E-state index >= 15 is 0 Å². The zero-order valence-electron chi connectivity index (χ0n) is 11.2. The lowest BCUT2D eigenvalue weighted by Crippen LogP contribution is -2.19. The lowest BCUT2D eigenvalue weighted by atomic mass is 10.1. The van der Waals surface area contributed by atoms with E-state index in [1.54, 1.807) is 7.05 Å². The van der Waals surface area contributed by atoms with Crippen molar-refractivity contribution < 1.29 is 4.79 Å². The van der Waals surface area contributed by atoms with E-state index in [-0.39, 0.29) is 11.5 Å². The third-order valence-electron chi connectivity index (χ3n) is 3.20. The number of amides is 1. The minimum Gasteiger partial charge on any atom is -0.322 e. The van der Waals surface area contributed by atoms with Gasteiger partial charge in [-0.05, 0) is 37.1 Å². The molecule has 2 rings (SSSR count). The molecule has 4 nitrogen and oxygen atoms in total. The van der Waals surface area contributed by atoms with Crippen LogP contribution in [0.4, 0.5) is 5.69 Å². The number of nitrogens with one attached hydrogen (secondary N) is 1. The number of carbonyl (C=O) groups excluding carboxylic acids is 1. The van der Waals surface area contributed by atoms with Crippen molar-refractivity contribution in [1.82, 2.24) is 4.57 Å². The van der Waals surface area contributed by atoms with Gasteiger partial charge in [0, 0.05) is 25.0 Å². The highest BCUT2D eigenvalue weighted by molar-refractivity contribution is 6.04. The summed E-state index contributed by atoms with van der Waals surface area (Å²) in [5.74, 6) is -0.218.